The molecular weight excluding hydrogens is 398 g/mol. The van der Waals surface area contributed by atoms with Crippen LogP contribution in [0.5, 0.6) is 5.75 Å². The van der Waals surface area contributed by atoms with Gasteiger partial charge in [0.15, 0.2) is 0 Å². The van der Waals surface area contributed by atoms with Crippen LogP contribution in [-0.4, -0.2) is 23.2 Å². The molecule has 3 aromatic carbocycles. The van der Waals surface area contributed by atoms with Crippen molar-refractivity contribution in [2.24, 2.45) is 5.10 Å². The maximum Gasteiger partial charge on any atom is 0.272 e. The van der Waals surface area contributed by atoms with Gasteiger partial charge in [-0.15, -0.1) is 0 Å². The van der Waals surface area contributed by atoms with E-state index in [0.29, 0.717) is 17.9 Å². The minimum atomic E-state index is -0.276. The van der Waals surface area contributed by atoms with E-state index in [0.717, 1.165) is 33.5 Å². The van der Waals surface area contributed by atoms with E-state index in [9.17, 15) is 4.79 Å². The Kier molecular flexibility index (Phi) is 6.26. The van der Waals surface area contributed by atoms with Crippen molar-refractivity contribution in [3.8, 4) is 17.0 Å². The molecule has 0 saturated heterocycles. The molecule has 160 valence electrons. The molecule has 1 amide bonds. The second-order valence-electron chi connectivity index (χ2n) is 7.53. The first-order valence-corrected chi connectivity index (χ1v) is 10.6. The van der Waals surface area contributed by atoms with E-state index >= 15 is 0 Å². The fourth-order valence-corrected chi connectivity index (χ4v) is 3.45. The van der Waals surface area contributed by atoms with Gasteiger partial charge in [0, 0.05) is 10.9 Å². The summed E-state index contributed by atoms with van der Waals surface area (Å²) in [5.74, 6) is 0.530. The zero-order valence-electron chi connectivity index (χ0n) is 18.4. The minimum absolute atomic E-state index is 0.276. The number of para-hydroxylation sites is 1. The van der Waals surface area contributed by atoms with Gasteiger partial charge in [0.25, 0.3) is 5.91 Å². The molecule has 0 aliphatic heterocycles. The molecule has 0 saturated carbocycles. The predicted octanol–water partition coefficient (Wildman–Crippen LogP) is 5.76. The van der Waals surface area contributed by atoms with Crippen molar-refractivity contribution < 1.29 is 9.53 Å². The molecule has 32 heavy (non-hydrogen) atoms. The van der Waals surface area contributed by atoms with E-state index in [1.54, 1.807) is 0 Å². The summed E-state index contributed by atoms with van der Waals surface area (Å²) >= 11 is 0. The van der Waals surface area contributed by atoms with Crippen molar-refractivity contribution >= 4 is 22.5 Å². The lowest BCUT2D eigenvalue weighted by atomic mass is 10.0. The molecule has 0 spiro atoms. The Morgan fingerprint density at radius 1 is 1.00 bits per heavy atom. The maximum absolute atomic E-state index is 13.1. The number of hydrogen-bond donors (Lipinski definition) is 1. The van der Waals surface area contributed by atoms with Crippen molar-refractivity contribution in [3.05, 3.63) is 95.6 Å². The summed E-state index contributed by atoms with van der Waals surface area (Å²) in [6.07, 6.45) is 0. The van der Waals surface area contributed by atoms with Gasteiger partial charge in [-0.3, -0.25) is 4.79 Å². The third-order valence-electron chi connectivity index (χ3n) is 5.22. The average Bonchev–Trinajstić information content (AvgIpc) is 2.82. The van der Waals surface area contributed by atoms with Crippen LogP contribution >= 0.6 is 0 Å². The van der Waals surface area contributed by atoms with Crippen LogP contribution in [0.2, 0.25) is 0 Å². The number of rotatable bonds is 6. The van der Waals surface area contributed by atoms with Gasteiger partial charge in [0.05, 0.1) is 29.1 Å². The van der Waals surface area contributed by atoms with Crippen molar-refractivity contribution in [3.63, 3.8) is 0 Å². The predicted molar refractivity (Wildman–Crippen MR) is 129 cm³/mol. The number of hydrogen-bond acceptors (Lipinski definition) is 4. The van der Waals surface area contributed by atoms with E-state index in [2.05, 4.69) is 10.5 Å². The molecule has 0 bridgehead atoms. The first-order chi connectivity index (χ1) is 15.5. The second-order valence-corrected chi connectivity index (χ2v) is 7.53. The topological polar surface area (TPSA) is 63.6 Å². The molecule has 0 aliphatic carbocycles. The molecule has 4 rings (SSSR count). The van der Waals surface area contributed by atoms with Crippen molar-refractivity contribution in [1.82, 2.24) is 10.4 Å². The Bertz CT molecular complexity index is 1280. The Balaban J connectivity index is 1.63. The molecule has 1 heterocycles. The number of benzene rings is 3. The average molecular weight is 424 g/mol. The summed E-state index contributed by atoms with van der Waals surface area (Å²) < 4.78 is 5.48. The lowest BCUT2D eigenvalue weighted by Crippen LogP contribution is -2.20. The fraction of sp³-hybridized carbons (Fsp3) is 0.148. The Hall–Kier alpha value is -3.99. The number of hydrazone groups is 1. The number of ether oxygens (including phenoxy) is 1. The molecule has 0 fully saturated rings. The monoisotopic (exact) mass is 423 g/mol. The number of aromatic nitrogens is 1. The summed E-state index contributed by atoms with van der Waals surface area (Å²) in [7, 11) is 0. The summed E-state index contributed by atoms with van der Waals surface area (Å²) in [6.45, 7) is 6.47. The fourth-order valence-electron chi connectivity index (χ4n) is 3.45. The van der Waals surface area contributed by atoms with E-state index in [4.69, 9.17) is 9.72 Å². The van der Waals surface area contributed by atoms with Gasteiger partial charge in [-0.05, 0) is 62.7 Å². The highest BCUT2D eigenvalue weighted by atomic mass is 16.5. The number of aryl methyl sites for hydroxylation is 1. The molecule has 0 aliphatic rings. The Labute approximate surface area is 187 Å². The maximum atomic E-state index is 13.1. The first kappa shape index (κ1) is 21.2. The van der Waals surface area contributed by atoms with Gasteiger partial charge in [0.1, 0.15) is 5.75 Å². The first-order valence-electron chi connectivity index (χ1n) is 10.6. The highest BCUT2D eigenvalue weighted by Crippen LogP contribution is 2.25. The standard InChI is InChI=1S/C27H25N3O2/c1-4-32-22-15-13-20(14-16-22)19(3)29-30-27(31)24-17-26(21-11-9-18(2)10-12-21)28-25-8-6-5-7-23(24)25/h5-17H,4H2,1-3H3,(H,30,31)/b29-19+. The van der Waals surface area contributed by atoms with E-state index in [-0.39, 0.29) is 5.91 Å². The number of carbonyl (C=O) groups is 1. The summed E-state index contributed by atoms with van der Waals surface area (Å²) in [5, 5.41) is 5.11. The van der Waals surface area contributed by atoms with Crippen LogP contribution in [0.15, 0.2) is 84.0 Å². The SMILES string of the molecule is CCOc1ccc(/C(C)=N/NC(=O)c2cc(-c3ccc(C)cc3)nc3ccccc23)cc1. The molecule has 4 aromatic rings. The third kappa shape index (κ3) is 4.67. The van der Waals surface area contributed by atoms with Crippen LogP contribution in [0, 0.1) is 6.92 Å². The molecule has 0 radical (unpaired) electrons. The van der Waals surface area contributed by atoms with E-state index in [1.807, 2.05) is 99.6 Å². The largest absolute Gasteiger partial charge is 0.494 e. The van der Waals surface area contributed by atoms with Crippen LogP contribution < -0.4 is 10.2 Å². The quantitative estimate of drug-likeness (QED) is 0.317. The number of carbonyl (C=O) groups excluding carboxylic acids is 1. The summed E-state index contributed by atoms with van der Waals surface area (Å²) in [4.78, 5) is 17.9. The molecule has 1 N–H and O–H groups in total. The number of fused-ring (bicyclic) bond motifs is 1. The van der Waals surface area contributed by atoms with Gasteiger partial charge in [-0.25, -0.2) is 10.4 Å². The molecule has 5 heteroatoms. The van der Waals surface area contributed by atoms with Crippen LogP contribution in [0.3, 0.4) is 0 Å². The Morgan fingerprint density at radius 2 is 1.72 bits per heavy atom. The molecule has 1 aromatic heterocycles. The van der Waals surface area contributed by atoms with Gasteiger partial charge in [-0.2, -0.15) is 5.10 Å². The molecule has 0 atom stereocenters. The molecule has 5 nitrogen and oxygen atoms in total. The van der Waals surface area contributed by atoms with E-state index < -0.39 is 0 Å². The summed E-state index contributed by atoms with van der Waals surface area (Å²) in [6, 6.07) is 25.2. The number of nitrogens with zero attached hydrogens (tertiary/aromatic N) is 2. The zero-order valence-corrected chi connectivity index (χ0v) is 18.4. The van der Waals surface area contributed by atoms with E-state index in [1.165, 1.54) is 5.56 Å². The minimum Gasteiger partial charge on any atom is -0.494 e. The van der Waals surface area contributed by atoms with Crippen molar-refractivity contribution in [2.45, 2.75) is 20.8 Å². The number of pyridine rings is 1. The smallest absolute Gasteiger partial charge is 0.272 e. The van der Waals surface area contributed by atoms with Gasteiger partial charge >= 0.3 is 0 Å². The molecule has 0 unspecified atom stereocenters. The van der Waals surface area contributed by atoms with Gasteiger partial charge in [0.2, 0.25) is 0 Å². The van der Waals surface area contributed by atoms with Crippen LogP contribution in [-0.2, 0) is 0 Å². The number of nitrogens with one attached hydrogen (secondary N) is 1. The van der Waals surface area contributed by atoms with Crippen LogP contribution in [0.4, 0.5) is 0 Å². The number of amides is 1. The zero-order chi connectivity index (χ0) is 22.5. The third-order valence-corrected chi connectivity index (χ3v) is 5.22. The van der Waals surface area contributed by atoms with Crippen molar-refractivity contribution in [2.75, 3.05) is 6.61 Å². The normalized spacial score (nSPS) is 11.4. The van der Waals surface area contributed by atoms with Crippen molar-refractivity contribution in [1.29, 1.82) is 0 Å². The van der Waals surface area contributed by atoms with Crippen LogP contribution in [0.25, 0.3) is 22.2 Å². The van der Waals surface area contributed by atoms with Crippen LogP contribution in [0.1, 0.15) is 35.3 Å². The Morgan fingerprint density at radius 3 is 2.44 bits per heavy atom. The molecular formula is C27H25N3O2. The highest BCUT2D eigenvalue weighted by molar-refractivity contribution is 6.08. The lowest BCUT2D eigenvalue weighted by molar-refractivity contribution is 0.0956. The highest BCUT2D eigenvalue weighted by Gasteiger charge is 2.14. The van der Waals surface area contributed by atoms with Gasteiger partial charge in [-0.1, -0.05) is 48.0 Å². The lowest BCUT2D eigenvalue weighted by Gasteiger charge is -2.10. The second kappa shape index (κ2) is 9.43. The summed E-state index contributed by atoms with van der Waals surface area (Å²) in [5.41, 5.74) is 8.51. The van der Waals surface area contributed by atoms with Gasteiger partial charge < -0.3 is 4.74 Å².